The Morgan fingerprint density at radius 1 is 0.609 bits per heavy atom. The fourth-order valence-electron chi connectivity index (χ4n) is 2.97. The maximum Gasteiger partial charge on any atom is 0.136 e. The van der Waals surface area contributed by atoms with Gasteiger partial charge in [-0.15, -0.1) is 22.7 Å². The molecular weight excluding hydrogens is 320 g/mol. The second-order valence-corrected chi connectivity index (χ2v) is 7.37. The van der Waals surface area contributed by atoms with Gasteiger partial charge in [-0.1, -0.05) is 24.3 Å². The van der Waals surface area contributed by atoms with Gasteiger partial charge in [0.2, 0.25) is 0 Å². The standard InChI is InChI=1S/C20H12OS2/c1-3-19(22-9-1)13-5-7-15-16-8-6-14(20-4-2-10-23-20)12-18(16)21-17(15)11-13/h1-12H. The van der Waals surface area contributed by atoms with Gasteiger partial charge in [-0.25, -0.2) is 0 Å². The molecule has 0 atom stereocenters. The Morgan fingerprint density at radius 2 is 1.13 bits per heavy atom. The summed E-state index contributed by atoms with van der Waals surface area (Å²) >= 11 is 3.50. The molecule has 0 amide bonds. The topological polar surface area (TPSA) is 13.1 Å². The van der Waals surface area contributed by atoms with Crippen molar-refractivity contribution < 1.29 is 4.42 Å². The first-order chi connectivity index (χ1) is 11.4. The van der Waals surface area contributed by atoms with Crippen molar-refractivity contribution >= 4 is 44.6 Å². The number of furan rings is 1. The molecule has 5 rings (SSSR count). The fourth-order valence-corrected chi connectivity index (χ4v) is 4.42. The average molecular weight is 332 g/mol. The highest BCUT2D eigenvalue weighted by atomic mass is 32.1. The Kier molecular flexibility index (Phi) is 2.90. The Morgan fingerprint density at radius 3 is 1.57 bits per heavy atom. The lowest BCUT2D eigenvalue weighted by atomic mass is 10.1. The molecule has 0 saturated heterocycles. The van der Waals surface area contributed by atoms with E-state index >= 15 is 0 Å². The van der Waals surface area contributed by atoms with Gasteiger partial charge in [-0.3, -0.25) is 0 Å². The molecule has 5 aromatic rings. The predicted octanol–water partition coefficient (Wildman–Crippen LogP) is 7.04. The average Bonchev–Trinajstić information content (AvgIpc) is 3.32. The van der Waals surface area contributed by atoms with Crippen LogP contribution in [0.15, 0.2) is 75.8 Å². The van der Waals surface area contributed by atoms with Gasteiger partial charge in [0.05, 0.1) is 0 Å². The molecule has 3 aromatic heterocycles. The van der Waals surface area contributed by atoms with Gasteiger partial charge in [0.25, 0.3) is 0 Å². The predicted molar refractivity (Wildman–Crippen MR) is 100 cm³/mol. The molecule has 0 N–H and O–H groups in total. The summed E-state index contributed by atoms with van der Waals surface area (Å²) in [6, 6.07) is 21.4. The molecule has 2 aromatic carbocycles. The van der Waals surface area contributed by atoms with Crippen LogP contribution in [0.4, 0.5) is 0 Å². The van der Waals surface area contributed by atoms with Crippen molar-refractivity contribution in [3.63, 3.8) is 0 Å². The SMILES string of the molecule is c1csc(-c2ccc3c(c2)oc2cc(-c4cccs4)ccc23)c1. The molecule has 0 radical (unpaired) electrons. The fraction of sp³-hybridized carbons (Fsp3) is 0. The van der Waals surface area contributed by atoms with Crippen molar-refractivity contribution in [1.82, 2.24) is 0 Å². The molecule has 0 aliphatic heterocycles. The number of thiophene rings is 2. The third-order valence-electron chi connectivity index (χ3n) is 4.08. The van der Waals surface area contributed by atoms with Crippen LogP contribution in [0.1, 0.15) is 0 Å². The van der Waals surface area contributed by atoms with Crippen molar-refractivity contribution in [3.05, 3.63) is 71.4 Å². The van der Waals surface area contributed by atoms with Crippen LogP contribution in [0.25, 0.3) is 42.8 Å². The molecule has 3 heteroatoms. The van der Waals surface area contributed by atoms with E-state index in [4.69, 9.17) is 4.42 Å². The first-order valence-corrected chi connectivity index (χ1v) is 9.18. The van der Waals surface area contributed by atoms with Crippen LogP contribution in [0.2, 0.25) is 0 Å². The van der Waals surface area contributed by atoms with Crippen LogP contribution in [-0.2, 0) is 0 Å². The van der Waals surface area contributed by atoms with Crippen LogP contribution < -0.4 is 0 Å². The first-order valence-electron chi connectivity index (χ1n) is 7.42. The smallest absolute Gasteiger partial charge is 0.136 e. The molecule has 0 bridgehead atoms. The van der Waals surface area contributed by atoms with Crippen molar-refractivity contribution in [2.45, 2.75) is 0 Å². The normalized spacial score (nSPS) is 11.5. The van der Waals surface area contributed by atoms with Crippen molar-refractivity contribution in [2.75, 3.05) is 0 Å². The summed E-state index contributed by atoms with van der Waals surface area (Å²) in [5, 5.41) is 6.56. The molecule has 1 nitrogen and oxygen atoms in total. The van der Waals surface area contributed by atoms with Crippen LogP contribution >= 0.6 is 22.7 Å². The van der Waals surface area contributed by atoms with E-state index in [9.17, 15) is 0 Å². The highest BCUT2D eigenvalue weighted by Crippen LogP contribution is 2.36. The van der Waals surface area contributed by atoms with Gasteiger partial charge in [-0.05, 0) is 58.3 Å². The van der Waals surface area contributed by atoms with Crippen molar-refractivity contribution in [2.24, 2.45) is 0 Å². The minimum Gasteiger partial charge on any atom is -0.456 e. The zero-order chi connectivity index (χ0) is 15.2. The van der Waals surface area contributed by atoms with Crippen molar-refractivity contribution in [1.29, 1.82) is 0 Å². The molecule has 0 aliphatic rings. The summed E-state index contributed by atoms with van der Waals surface area (Å²) in [4.78, 5) is 2.54. The number of benzene rings is 2. The second kappa shape index (κ2) is 5.08. The van der Waals surface area contributed by atoms with E-state index in [1.165, 1.54) is 31.7 Å². The molecule has 23 heavy (non-hydrogen) atoms. The summed E-state index contributed by atoms with van der Waals surface area (Å²) < 4.78 is 6.14. The highest BCUT2D eigenvalue weighted by molar-refractivity contribution is 7.13. The van der Waals surface area contributed by atoms with E-state index in [-0.39, 0.29) is 0 Å². The lowest BCUT2D eigenvalue weighted by molar-refractivity contribution is 0.669. The number of rotatable bonds is 2. The summed E-state index contributed by atoms with van der Waals surface area (Å²) in [5.74, 6) is 0. The molecule has 0 fully saturated rings. The molecule has 0 spiro atoms. The summed E-state index contributed by atoms with van der Waals surface area (Å²) in [5.41, 5.74) is 4.33. The van der Waals surface area contributed by atoms with Gasteiger partial charge < -0.3 is 4.42 Å². The van der Waals surface area contributed by atoms with Gasteiger partial charge in [-0.2, -0.15) is 0 Å². The van der Waals surface area contributed by atoms with E-state index in [2.05, 4.69) is 71.4 Å². The van der Waals surface area contributed by atoms with E-state index in [1.54, 1.807) is 22.7 Å². The quantitative estimate of drug-likeness (QED) is 0.338. The van der Waals surface area contributed by atoms with E-state index in [0.717, 1.165) is 11.2 Å². The Hall–Kier alpha value is -2.36. The Bertz CT molecular complexity index is 1010. The number of hydrogen-bond donors (Lipinski definition) is 0. The maximum absolute atomic E-state index is 6.14. The van der Waals surface area contributed by atoms with Crippen LogP contribution in [-0.4, -0.2) is 0 Å². The summed E-state index contributed by atoms with van der Waals surface area (Å²) in [7, 11) is 0. The monoisotopic (exact) mass is 332 g/mol. The molecule has 3 heterocycles. The van der Waals surface area contributed by atoms with Crippen LogP contribution in [0.5, 0.6) is 0 Å². The molecule has 0 saturated carbocycles. The zero-order valence-electron chi connectivity index (χ0n) is 12.2. The number of fused-ring (bicyclic) bond motifs is 3. The molecule has 110 valence electrons. The third kappa shape index (κ3) is 2.12. The van der Waals surface area contributed by atoms with E-state index in [1.807, 2.05) is 0 Å². The lowest BCUT2D eigenvalue weighted by Crippen LogP contribution is -1.73. The summed E-state index contributed by atoms with van der Waals surface area (Å²) in [6.07, 6.45) is 0. The first kappa shape index (κ1) is 13.1. The minimum atomic E-state index is 0.953. The van der Waals surface area contributed by atoms with Gasteiger partial charge in [0.15, 0.2) is 0 Å². The molecular formula is C20H12OS2. The summed E-state index contributed by atoms with van der Waals surface area (Å²) in [6.45, 7) is 0. The maximum atomic E-state index is 6.14. The van der Waals surface area contributed by atoms with E-state index < -0.39 is 0 Å². The minimum absolute atomic E-state index is 0.953. The zero-order valence-corrected chi connectivity index (χ0v) is 13.8. The van der Waals surface area contributed by atoms with E-state index in [0.29, 0.717) is 0 Å². The highest BCUT2D eigenvalue weighted by Gasteiger charge is 2.10. The molecule has 0 unspecified atom stereocenters. The van der Waals surface area contributed by atoms with Crippen LogP contribution in [0, 0.1) is 0 Å². The van der Waals surface area contributed by atoms with Crippen molar-refractivity contribution in [3.8, 4) is 20.9 Å². The Labute approximate surface area is 141 Å². The lowest BCUT2D eigenvalue weighted by Gasteiger charge is -1.97. The van der Waals surface area contributed by atoms with Crippen LogP contribution in [0.3, 0.4) is 0 Å². The van der Waals surface area contributed by atoms with Gasteiger partial charge in [0.1, 0.15) is 11.2 Å². The largest absolute Gasteiger partial charge is 0.456 e. The van der Waals surface area contributed by atoms with Gasteiger partial charge >= 0.3 is 0 Å². The molecule has 0 aliphatic carbocycles. The number of hydrogen-bond acceptors (Lipinski definition) is 3. The third-order valence-corrected chi connectivity index (χ3v) is 5.92. The Balaban J connectivity index is 1.71. The second-order valence-electron chi connectivity index (χ2n) is 5.48. The van der Waals surface area contributed by atoms with Gasteiger partial charge in [0, 0.05) is 20.5 Å².